The van der Waals surface area contributed by atoms with E-state index in [2.05, 4.69) is 15.4 Å². The molecule has 0 spiro atoms. The number of thiophene rings is 1. The molecule has 3 heterocycles. The first-order valence-corrected chi connectivity index (χ1v) is 10.4. The molecule has 1 fully saturated rings. The summed E-state index contributed by atoms with van der Waals surface area (Å²) in [6.07, 6.45) is 4.42. The minimum atomic E-state index is -4.09. The molecular formula is C16H15N5O4S2. The molecule has 3 aromatic heterocycles. The van der Waals surface area contributed by atoms with E-state index in [4.69, 9.17) is 0 Å². The zero-order chi connectivity index (χ0) is 19.2. The number of aryl methyl sites for hydroxylation is 1. The first kappa shape index (κ1) is 17.6. The predicted octanol–water partition coefficient (Wildman–Crippen LogP) is 1.50. The van der Waals surface area contributed by atoms with Crippen LogP contribution in [-0.4, -0.2) is 35.0 Å². The van der Waals surface area contributed by atoms with Crippen molar-refractivity contribution in [3.05, 3.63) is 35.5 Å². The summed E-state index contributed by atoms with van der Waals surface area (Å²) in [5.41, 5.74) is 0.537. The fourth-order valence-electron chi connectivity index (χ4n) is 2.50. The summed E-state index contributed by atoms with van der Waals surface area (Å²) in [7, 11) is -2.39. The van der Waals surface area contributed by atoms with Crippen molar-refractivity contribution in [2.45, 2.75) is 17.7 Å². The van der Waals surface area contributed by atoms with Gasteiger partial charge in [0, 0.05) is 24.5 Å². The first-order valence-electron chi connectivity index (χ1n) is 8.09. The summed E-state index contributed by atoms with van der Waals surface area (Å²) in [4.78, 5) is 28.2. The van der Waals surface area contributed by atoms with Crippen molar-refractivity contribution in [1.29, 1.82) is 0 Å². The Hall–Kier alpha value is -2.79. The van der Waals surface area contributed by atoms with Gasteiger partial charge in [0.25, 0.3) is 15.9 Å². The molecule has 11 heteroatoms. The van der Waals surface area contributed by atoms with Crippen LogP contribution in [-0.2, 0) is 21.9 Å². The van der Waals surface area contributed by atoms with Crippen LogP contribution in [0.3, 0.4) is 0 Å². The molecule has 2 amide bonds. The number of hydrogen-bond donors (Lipinski definition) is 2. The van der Waals surface area contributed by atoms with Gasteiger partial charge >= 0.3 is 0 Å². The standard InChI is InChI=1S/C16H15N5O4S2/c1-21-14-10(7-18-21)6-11(8-17-14)27(24,25)20-16(23)12-4-5-13(26-12)19-15(22)9-2-3-9/h4-9H,2-3H2,1H3,(H,19,22)(H,20,23). The Morgan fingerprint density at radius 1 is 1.26 bits per heavy atom. The van der Waals surface area contributed by atoms with Crippen molar-refractivity contribution in [2.75, 3.05) is 5.32 Å². The second-order valence-electron chi connectivity index (χ2n) is 6.21. The number of sulfonamides is 1. The molecule has 0 aromatic carbocycles. The fourth-order valence-corrected chi connectivity index (χ4v) is 4.31. The molecule has 0 bridgehead atoms. The molecule has 0 radical (unpaired) electrons. The van der Waals surface area contributed by atoms with Crippen molar-refractivity contribution in [1.82, 2.24) is 19.5 Å². The van der Waals surface area contributed by atoms with Gasteiger partial charge in [-0.05, 0) is 31.0 Å². The van der Waals surface area contributed by atoms with E-state index in [-0.39, 0.29) is 21.6 Å². The molecule has 140 valence electrons. The van der Waals surface area contributed by atoms with Crippen molar-refractivity contribution in [3.63, 3.8) is 0 Å². The normalized spacial score (nSPS) is 14.3. The molecule has 2 N–H and O–H groups in total. The lowest BCUT2D eigenvalue weighted by atomic mass is 10.4. The molecule has 0 unspecified atom stereocenters. The third-order valence-electron chi connectivity index (χ3n) is 4.11. The van der Waals surface area contributed by atoms with E-state index < -0.39 is 15.9 Å². The van der Waals surface area contributed by atoms with E-state index in [0.29, 0.717) is 16.0 Å². The molecule has 0 atom stereocenters. The number of carbonyl (C=O) groups excluding carboxylic acids is 2. The number of pyridine rings is 1. The maximum absolute atomic E-state index is 12.5. The Morgan fingerprint density at radius 2 is 2.04 bits per heavy atom. The quantitative estimate of drug-likeness (QED) is 0.663. The number of nitrogens with one attached hydrogen (secondary N) is 2. The monoisotopic (exact) mass is 405 g/mol. The van der Waals surface area contributed by atoms with Crippen LogP contribution in [0.5, 0.6) is 0 Å². The van der Waals surface area contributed by atoms with Gasteiger partial charge in [-0.25, -0.2) is 18.1 Å². The number of hydrogen-bond acceptors (Lipinski definition) is 7. The molecule has 1 saturated carbocycles. The second-order valence-corrected chi connectivity index (χ2v) is 8.98. The highest BCUT2D eigenvalue weighted by molar-refractivity contribution is 7.90. The number of aromatic nitrogens is 3. The predicted molar refractivity (Wildman–Crippen MR) is 98.8 cm³/mol. The smallest absolute Gasteiger partial charge is 0.275 e. The molecule has 0 aliphatic heterocycles. The van der Waals surface area contributed by atoms with Crippen LogP contribution in [0.25, 0.3) is 11.0 Å². The molecule has 4 rings (SSSR count). The van der Waals surface area contributed by atoms with Gasteiger partial charge in [0.15, 0.2) is 5.65 Å². The first-order chi connectivity index (χ1) is 12.8. The lowest BCUT2D eigenvalue weighted by molar-refractivity contribution is -0.117. The van der Waals surface area contributed by atoms with Crippen LogP contribution >= 0.6 is 11.3 Å². The van der Waals surface area contributed by atoms with Gasteiger partial charge in [0.1, 0.15) is 4.90 Å². The van der Waals surface area contributed by atoms with E-state index in [9.17, 15) is 18.0 Å². The van der Waals surface area contributed by atoms with Gasteiger partial charge in [0.2, 0.25) is 5.91 Å². The highest BCUT2D eigenvalue weighted by Crippen LogP contribution is 2.31. The van der Waals surface area contributed by atoms with Crippen molar-refractivity contribution < 1.29 is 18.0 Å². The average Bonchev–Trinajstić information content (AvgIpc) is 3.28. The van der Waals surface area contributed by atoms with E-state index in [1.807, 2.05) is 4.72 Å². The van der Waals surface area contributed by atoms with E-state index in [1.165, 1.54) is 29.2 Å². The summed E-state index contributed by atoms with van der Waals surface area (Å²) in [5, 5.41) is 7.79. The second kappa shape index (κ2) is 6.43. The SMILES string of the molecule is Cn1ncc2cc(S(=O)(=O)NC(=O)c3ccc(NC(=O)C4CC4)s3)cnc21. The molecule has 1 aliphatic carbocycles. The maximum atomic E-state index is 12.5. The molecule has 0 saturated heterocycles. The van der Waals surface area contributed by atoms with Crippen LogP contribution in [0.4, 0.5) is 5.00 Å². The molecule has 3 aromatic rings. The third kappa shape index (κ3) is 3.55. The third-order valence-corrected chi connectivity index (χ3v) is 6.41. The zero-order valence-electron chi connectivity index (χ0n) is 14.2. The van der Waals surface area contributed by atoms with E-state index in [0.717, 1.165) is 24.2 Å². The Bertz CT molecular complexity index is 1160. The van der Waals surface area contributed by atoms with Gasteiger partial charge in [-0.3, -0.25) is 14.3 Å². The Labute approximate surface area is 158 Å². The summed E-state index contributed by atoms with van der Waals surface area (Å²) in [6, 6.07) is 4.46. The Morgan fingerprint density at radius 3 is 2.78 bits per heavy atom. The van der Waals surface area contributed by atoms with Crippen molar-refractivity contribution >= 4 is 49.2 Å². The maximum Gasteiger partial charge on any atom is 0.275 e. The van der Waals surface area contributed by atoms with Crippen LogP contribution in [0.15, 0.2) is 35.5 Å². The summed E-state index contributed by atoms with van der Waals surface area (Å²) < 4.78 is 28.5. The van der Waals surface area contributed by atoms with Crippen LogP contribution < -0.4 is 10.0 Å². The average molecular weight is 405 g/mol. The van der Waals surface area contributed by atoms with Crippen molar-refractivity contribution in [3.8, 4) is 0 Å². The number of amides is 2. The Kier molecular flexibility index (Phi) is 4.19. The Balaban J connectivity index is 1.50. The summed E-state index contributed by atoms with van der Waals surface area (Å²) >= 11 is 1.02. The zero-order valence-corrected chi connectivity index (χ0v) is 15.8. The van der Waals surface area contributed by atoms with Gasteiger partial charge in [0.05, 0.1) is 16.1 Å². The lowest BCUT2D eigenvalue weighted by Gasteiger charge is -2.06. The van der Waals surface area contributed by atoms with Gasteiger partial charge in [-0.2, -0.15) is 5.10 Å². The number of fused-ring (bicyclic) bond motifs is 1. The van der Waals surface area contributed by atoms with E-state index >= 15 is 0 Å². The molecule has 1 aliphatic rings. The summed E-state index contributed by atoms with van der Waals surface area (Å²) in [6.45, 7) is 0. The minimum Gasteiger partial charge on any atom is -0.317 e. The van der Waals surface area contributed by atoms with Crippen LogP contribution in [0.1, 0.15) is 22.5 Å². The summed E-state index contributed by atoms with van der Waals surface area (Å²) in [5.74, 6) is -0.801. The van der Waals surface area contributed by atoms with Gasteiger partial charge in [-0.1, -0.05) is 0 Å². The minimum absolute atomic E-state index is 0.0413. The highest BCUT2D eigenvalue weighted by Gasteiger charge is 2.30. The number of rotatable bonds is 5. The van der Waals surface area contributed by atoms with Gasteiger partial charge in [-0.15, -0.1) is 11.3 Å². The largest absolute Gasteiger partial charge is 0.317 e. The van der Waals surface area contributed by atoms with Crippen molar-refractivity contribution in [2.24, 2.45) is 13.0 Å². The molecule has 9 nitrogen and oxygen atoms in total. The van der Waals surface area contributed by atoms with Crippen LogP contribution in [0, 0.1) is 5.92 Å². The lowest BCUT2D eigenvalue weighted by Crippen LogP contribution is -2.30. The molecular weight excluding hydrogens is 390 g/mol. The fraction of sp³-hybridized carbons (Fsp3) is 0.250. The number of anilines is 1. The van der Waals surface area contributed by atoms with Gasteiger partial charge < -0.3 is 5.32 Å². The van der Waals surface area contributed by atoms with Crippen LogP contribution in [0.2, 0.25) is 0 Å². The number of carbonyl (C=O) groups is 2. The highest BCUT2D eigenvalue weighted by atomic mass is 32.2. The molecule has 27 heavy (non-hydrogen) atoms. The topological polar surface area (TPSA) is 123 Å². The number of nitrogens with zero attached hydrogens (tertiary/aromatic N) is 3. The van der Waals surface area contributed by atoms with E-state index in [1.54, 1.807) is 13.1 Å².